The lowest BCUT2D eigenvalue weighted by atomic mass is 9.95. The largest absolute Gasteiger partial charge is 0.481 e. The summed E-state index contributed by atoms with van der Waals surface area (Å²) in [6.45, 7) is 6.23. The van der Waals surface area contributed by atoms with Gasteiger partial charge >= 0.3 is 12.1 Å². The van der Waals surface area contributed by atoms with E-state index in [4.69, 9.17) is 10.2 Å². The van der Waals surface area contributed by atoms with Crippen LogP contribution in [0.1, 0.15) is 59.8 Å². The van der Waals surface area contributed by atoms with Crippen molar-refractivity contribution in [1.82, 2.24) is 15.1 Å². The highest BCUT2D eigenvalue weighted by atomic mass is 19.4. The number of benzene rings is 3. The van der Waals surface area contributed by atoms with E-state index < -0.39 is 17.7 Å². The standard InChI is InChI=1S/C30H30F3N3O3/c1-18(2)14-26(21-4-6-22(7-5-21)29(39)34-13-12-28(37)38)36-27-15-19(3)25(16-23(27)17-35-36)20-8-10-24(11-9-20)30(31,32)33/h4-11,15-18,26H,12-14H2,1-3H3,(H,34,39)(H,37,38). The average molecular weight is 538 g/mol. The molecule has 2 N–H and O–H groups in total. The first-order valence-electron chi connectivity index (χ1n) is 12.7. The van der Waals surface area contributed by atoms with E-state index >= 15 is 0 Å². The molecule has 4 aromatic rings. The second-order valence-corrected chi connectivity index (χ2v) is 10.1. The molecule has 0 aliphatic rings. The lowest BCUT2D eigenvalue weighted by Gasteiger charge is -2.22. The molecule has 6 nitrogen and oxygen atoms in total. The first-order valence-corrected chi connectivity index (χ1v) is 12.7. The number of aromatic nitrogens is 2. The summed E-state index contributed by atoms with van der Waals surface area (Å²) in [7, 11) is 0. The average Bonchev–Trinajstić information content (AvgIpc) is 3.28. The molecule has 0 radical (unpaired) electrons. The Morgan fingerprint density at radius 2 is 1.69 bits per heavy atom. The van der Waals surface area contributed by atoms with E-state index in [9.17, 15) is 22.8 Å². The highest BCUT2D eigenvalue weighted by Gasteiger charge is 2.30. The maximum absolute atomic E-state index is 13.0. The van der Waals surface area contributed by atoms with Gasteiger partial charge in [0.05, 0.1) is 29.7 Å². The van der Waals surface area contributed by atoms with Gasteiger partial charge in [0.2, 0.25) is 0 Å². The van der Waals surface area contributed by atoms with Gasteiger partial charge in [-0.2, -0.15) is 18.3 Å². The maximum Gasteiger partial charge on any atom is 0.416 e. The van der Waals surface area contributed by atoms with Crippen molar-refractivity contribution in [3.8, 4) is 11.1 Å². The Bertz CT molecular complexity index is 1470. The van der Waals surface area contributed by atoms with Crippen LogP contribution >= 0.6 is 0 Å². The summed E-state index contributed by atoms with van der Waals surface area (Å²) >= 11 is 0. The normalized spacial score (nSPS) is 12.6. The lowest BCUT2D eigenvalue weighted by molar-refractivity contribution is -0.138. The van der Waals surface area contributed by atoms with Gasteiger partial charge in [-0.1, -0.05) is 38.1 Å². The van der Waals surface area contributed by atoms with Gasteiger partial charge in [-0.05, 0) is 77.9 Å². The SMILES string of the molecule is Cc1cc2c(cnn2C(CC(C)C)c2ccc(C(=O)NCCC(=O)O)cc2)cc1-c1ccc(C(F)(F)F)cc1. The summed E-state index contributed by atoms with van der Waals surface area (Å²) in [5, 5.41) is 16.9. The number of carbonyl (C=O) groups is 2. The minimum absolute atomic E-state index is 0.0545. The number of hydrogen-bond donors (Lipinski definition) is 2. The first-order chi connectivity index (χ1) is 18.4. The van der Waals surface area contributed by atoms with Crippen LogP contribution in [0.5, 0.6) is 0 Å². The Labute approximate surface area is 224 Å². The summed E-state index contributed by atoms with van der Waals surface area (Å²) in [5.41, 5.74) is 4.10. The van der Waals surface area contributed by atoms with Crippen LogP contribution in [0, 0.1) is 12.8 Å². The van der Waals surface area contributed by atoms with E-state index in [0.29, 0.717) is 17.0 Å². The van der Waals surface area contributed by atoms with Crippen molar-refractivity contribution in [2.24, 2.45) is 5.92 Å². The van der Waals surface area contributed by atoms with Crippen LogP contribution in [0.25, 0.3) is 22.0 Å². The maximum atomic E-state index is 13.0. The zero-order chi connectivity index (χ0) is 28.3. The van der Waals surface area contributed by atoms with Crippen LogP contribution < -0.4 is 5.32 Å². The van der Waals surface area contributed by atoms with Crippen molar-refractivity contribution < 1.29 is 27.9 Å². The molecule has 1 heterocycles. The van der Waals surface area contributed by atoms with Gasteiger partial charge in [-0.15, -0.1) is 0 Å². The number of hydrogen-bond acceptors (Lipinski definition) is 3. The number of nitrogens with one attached hydrogen (secondary N) is 1. The Balaban J connectivity index is 1.64. The van der Waals surface area contributed by atoms with Crippen LogP contribution in [-0.2, 0) is 11.0 Å². The van der Waals surface area contributed by atoms with Crippen molar-refractivity contribution in [3.63, 3.8) is 0 Å². The number of nitrogens with zero attached hydrogens (tertiary/aromatic N) is 2. The topological polar surface area (TPSA) is 84.2 Å². The number of alkyl halides is 3. The van der Waals surface area contributed by atoms with E-state index in [1.54, 1.807) is 18.3 Å². The minimum Gasteiger partial charge on any atom is -0.481 e. The lowest BCUT2D eigenvalue weighted by Crippen LogP contribution is -2.26. The van der Waals surface area contributed by atoms with Gasteiger partial charge in [-0.3, -0.25) is 14.3 Å². The molecular weight excluding hydrogens is 507 g/mol. The molecule has 0 saturated carbocycles. The number of carboxylic acid groups (broad SMARTS) is 1. The molecule has 1 unspecified atom stereocenters. The molecule has 0 spiro atoms. The second kappa shape index (κ2) is 11.3. The van der Waals surface area contributed by atoms with Crippen LogP contribution in [-0.4, -0.2) is 33.3 Å². The van der Waals surface area contributed by atoms with Crippen molar-refractivity contribution >= 4 is 22.8 Å². The molecule has 4 rings (SSSR count). The van der Waals surface area contributed by atoms with Crippen molar-refractivity contribution in [3.05, 3.63) is 89.1 Å². The molecule has 39 heavy (non-hydrogen) atoms. The number of carboxylic acids is 1. The molecule has 3 aromatic carbocycles. The number of fused-ring (bicyclic) bond motifs is 1. The summed E-state index contributed by atoms with van der Waals surface area (Å²) < 4.78 is 41.0. The number of rotatable bonds is 9. The van der Waals surface area contributed by atoms with Gasteiger partial charge in [0.15, 0.2) is 0 Å². The number of carbonyl (C=O) groups excluding carboxylic acids is 1. The predicted molar refractivity (Wildman–Crippen MR) is 144 cm³/mol. The third-order valence-corrected chi connectivity index (χ3v) is 6.64. The van der Waals surface area contributed by atoms with Gasteiger partial charge in [0.1, 0.15) is 0 Å². The van der Waals surface area contributed by atoms with E-state index in [-0.39, 0.29) is 24.9 Å². The zero-order valence-corrected chi connectivity index (χ0v) is 21.9. The van der Waals surface area contributed by atoms with Crippen LogP contribution in [0.3, 0.4) is 0 Å². The zero-order valence-electron chi connectivity index (χ0n) is 21.9. The molecule has 0 saturated heterocycles. The second-order valence-electron chi connectivity index (χ2n) is 10.1. The monoisotopic (exact) mass is 537 g/mol. The van der Waals surface area contributed by atoms with Gasteiger partial charge < -0.3 is 10.4 Å². The van der Waals surface area contributed by atoms with Crippen LogP contribution in [0.4, 0.5) is 13.2 Å². The fourth-order valence-electron chi connectivity index (χ4n) is 4.66. The predicted octanol–water partition coefficient (Wildman–Crippen LogP) is 6.87. The van der Waals surface area contributed by atoms with Gasteiger partial charge in [0.25, 0.3) is 5.91 Å². The number of aryl methyl sites for hydroxylation is 1. The molecular formula is C30H30F3N3O3. The fraction of sp³-hybridized carbons (Fsp3) is 0.300. The summed E-state index contributed by atoms with van der Waals surface area (Å²) in [6.07, 6.45) is -1.97. The Morgan fingerprint density at radius 1 is 1.03 bits per heavy atom. The molecule has 0 aliphatic heterocycles. The number of amides is 1. The van der Waals surface area contributed by atoms with E-state index in [1.807, 2.05) is 35.9 Å². The first kappa shape index (κ1) is 27.9. The Hall–Kier alpha value is -4.14. The highest BCUT2D eigenvalue weighted by Crippen LogP contribution is 2.35. The summed E-state index contributed by atoms with van der Waals surface area (Å²) in [6, 6.07) is 16.2. The number of aliphatic carboxylic acids is 1. The molecule has 204 valence electrons. The van der Waals surface area contributed by atoms with Crippen molar-refractivity contribution in [2.45, 2.75) is 45.8 Å². The third-order valence-electron chi connectivity index (χ3n) is 6.64. The molecule has 0 fully saturated rings. The molecule has 1 atom stereocenters. The quantitative estimate of drug-likeness (QED) is 0.244. The third kappa shape index (κ3) is 6.47. The molecule has 1 aromatic heterocycles. The van der Waals surface area contributed by atoms with Crippen molar-refractivity contribution in [1.29, 1.82) is 0 Å². The molecule has 0 bridgehead atoms. The minimum atomic E-state index is -4.38. The van der Waals surface area contributed by atoms with Crippen molar-refractivity contribution in [2.75, 3.05) is 6.54 Å². The smallest absolute Gasteiger partial charge is 0.416 e. The Morgan fingerprint density at radius 3 is 2.28 bits per heavy atom. The van der Waals surface area contributed by atoms with E-state index in [2.05, 4.69) is 19.2 Å². The van der Waals surface area contributed by atoms with E-state index in [1.165, 1.54) is 12.1 Å². The summed E-state index contributed by atoms with van der Waals surface area (Å²) in [5.74, 6) is -0.963. The Kier molecular flexibility index (Phi) is 8.09. The fourth-order valence-corrected chi connectivity index (χ4v) is 4.66. The molecule has 1 amide bonds. The molecule has 0 aliphatic carbocycles. The highest BCUT2D eigenvalue weighted by molar-refractivity contribution is 5.94. The van der Waals surface area contributed by atoms with Gasteiger partial charge in [-0.25, -0.2) is 0 Å². The van der Waals surface area contributed by atoms with Gasteiger partial charge in [0, 0.05) is 17.5 Å². The summed E-state index contributed by atoms with van der Waals surface area (Å²) in [4.78, 5) is 23.1. The number of halogens is 3. The molecule has 9 heteroatoms. The van der Waals surface area contributed by atoms with Crippen LogP contribution in [0.15, 0.2) is 66.9 Å². The van der Waals surface area contributed by atoms with Crippen LogP contribution in [0.2, 0.25) is 0 Å². The van der Waals surface area contributed by atoms with E-state index in [0.717, 1.165) is 46.1 Å².